The Morgan fingerprint density at radius 2 is 1.84 bits per heavy atom. The number of hydrogen-bond donors (Lipinski definition) is 3. The lowest BCUT2D eigenvalue weighted by Crippen LogP contribution is -2.67. The molecule has 1 aromatic carbocycles. The molecule has 0 unspecified atom stereocenters. The molecule has 4 aliphatic heterocycles. The molecule has 4 atom stereocenters. The van der Waals surface area contributed by atoms with E-state index >= 15 is 0 Å². The molecule has 0 radical (unpaired) electrons. The van der Waals surface area contributed by atoms with Crippen molar-refractivity contribution in [2.75, 3.05) is 60.7 Å². The van der Waals surface area contributed by atoms with E-state index in [0.29, 0.717) is 43.1 Å². The Morgan fingerprint density at radius 1 is 1.09 bits per heavy atom. The molecule has 3 aromatic heterocycles. The number of pyridine rings is 1. The van der Waals surface area contributed by atoms with Gasteiger partial charge in [0.25, 0.3) is 5.91 Å². The highest BCUT2D eigenvalue weighted by atomic mass is 32.1. The number of likely N-dealkylation sites (N-methyl/N-ethyl adjacent to an activating group) is 2. The molecule has 68 heavy (non-hydrogen) atoms. The van der Waals surface area contributed by atoms with Gasteiger partial charge in [0.2, 0.25) is 11.6 Å². The topological polar surface area (TPSA) is 184 Å². The van der Waals surface area contributed by atoms with Crippen LogP contribution in [-0.4, -0.2) is 154 Å². The van der Waals surface area contributed by atoms with Crippen LogP contribution in [0.3, 0.4) is 0 Å². The molecular formula is C50H69N9O8S. The summed E-state index contributed by atoms with van der Waals surface area (Å²) in [4.78, 5) is 72.9. The molecule has 4 aliphatic rings. The normalized spacial score (nSPS) is 22.7. The number of benzene rings is 1. The fraction of sp³-hybridized carbons (Fsp3) is 0.600. The molecule has 0 spiro atoms. The maximum Gasteiger partial charge on any atom is 0.355 e. The first-order chi connectivity index (χ1) is 32.4. The zero-order valence-corrected chi connectivity index (χ0v) is 41.9. The zero-order valence-electron chi connectivity index (χ0n) is 41.0. The third-order valence-corrected chi connectivity index (χ3v) is 15.2. The van der Waals surface area contributed by atoms with Crippen LogP contribution in [0.4, 0.5) is 4.79 Å². The van der Waals surface area contributed by atoms with Crippen LogP contribution in [-0.2, 0) is 48.0 Å². The summed E-state index contributed by atoms with van der Waals surface area (Å²) in [6.45, 7) is 15.3. The number of thiazole rings is 1. The van der Waals surface area contributed by atoms with Gasteiger partial charge in [-0.15, -0.1) is 11.3 Å². The molecule has 3 N–H and O–H groups in total. The van der Waals surface area contributed by atoms with Crippen LogP contribution in [0, 0.1) is 11.3 Å². The van der Waals surface area contributed by atoms with Gasteiger partial charge < -0.3 is 39.0 Å². The molecule has 7 heterocycles. The molecule has 368 valence electrons. The van der Waals surface area contributed by atoms with E-state index in [1.165, 1.54) is 21.2 Å². The number of aryl methyl sites for hydroxylation is 1. The summed E-state index contributed by atoms with van der Waals surface area (Å²) in [5, 5.41) is 19.7. The molecule has 6 bridgehead atoms. The number of rotatable bonds is 10. The molecule has 8 rings (SSSR count). The van der Waals surface area contributed by atoms with Crippen molar-refractivity contribution in [1.29, 1.82) is 0 Å². The summed E-state index contributed by atoms with van der Waals surface area (Å²) in [7, 11) is 5.44. The molecule has 17 nitrogen and oxygen atoms in total. The summed E-state index contributed by atoms with van der Waals surface area (Å²) < 4.78 is 19.5. The number of hydrogen-bond acceptors (Lipinski definition) is 13. The Kier molecular flexibility index (Phi) is 14.7. The third-order valence-electron chi connectivity index (χ3n) is 14.4. The zero-order chi connectivity index (χ0) is 48.7. The van der Waals surface area contributed by atoms with E-state index in [9.17, 15) is 24.3 Å². The van der Waals surface area contributed by atoms with Gasteiger partial charge in [-0.25, -0.2) is 14.6 Å². The number of hydrazine groups is 1. The minimum absolute atomic E-state index is 0.00610. The number of fused-ring (bicyclic) bond motifs is 6. The SMILES string of the molecule is CCn1c(-c2cccnc2[C@H](C)OC)c2c3cc(ccc31)-c1csc(n1)C[C@H](NC(=O)[C@H](C(C)C)N(C)C(=O)N1CCC(N(C)C3COC3)CC1)C(=O)N1CCC[C@@](O)(N1)C(=O)OCC(C)(C)C2. The van der Waals surface area contributed by atoms with Gasteiger partial charge in [-0.05, 0) is 82.3 Å². The van der Waals surface area contributed by atoms with Crippen LogP contribution in [0.25, 0.3) is 33.4 Å². The number of aliphatic hydroxyl groups is 1. The monoisotopic (exact) mass is 955 g/mol. The van der Waals surface area contributed by atoms with E-state index in [4.69, 9.17) is 24.2 Å². The van der Waals surface area contributed by atoms with Crippen LogP contribution < -0.4 is 10.7 Å². The number of amides is 4. The van der Waals surface area contributed by atoms with Crippen LogP contribution in [0.1, 0.15) is 89.6 Å². The molecule has 3 fully saturated rings. The number of nitrogens with one attached hydrogen (secondary N) is 2. The van der Waals surface area contributed by atoms with Crippen molar-refractivity contribution < 1.29 is 38.5 Å². The van der Waals surface area contributed by atoms with E-state index in [0.717, 1.165) is 70.7 Å². The van der Waals surface area contributed by atoms with Gasteiger partial charge in [-0.2, -0.15) is 5.43 Å². The van der Waals surface area contributed by atoms with Gasteiger partial charge in [0.1, 0.15) is 12.1 Å². The van der Waals surface area contributed by atoms with Gasteiger partial charge in [0, 0.05) is 98.2 Å². The number of carbonyl (C=O) groups excluding carboxylic acids is 4. The predicted octanol–water partition coefficient (Wildman–Crippen LogP) is 5.39. The maximum atomic E-state index is 14.7. The van der Waals surface area contributed by atoms with Crippen molar-refractivity contribution in [3.8, 4) is 22.5 Å². The minimum atomic E-state index is -2.21. The lowest BCUT2D eigenvalue weighted by molar-refractivity contribution is -0.189. The van der Waals surface area contributed by atoms with Gasteiger partial charge in [0.15, 0.2) is 0 Å². The second kappa shape index (κ2) is 20.2. The Labute approximate surface area is 403 Å². The Hall–Kier alpha value is -4.98. The number of likely N-dealkylation sites (tertiary alicyclic amines) is 1. The average Bonchev–Trinajstić information content (AvgIpc) is 3.90. The maximum absolute atomic E-state index is 14.7. The number of carbonyl (C=O) groups is 4. The molecule has 18 heteroatoms. The van der Waals surface area contributed by atoms with Crippen molar-refractivity contribution >= 4 is 46.1 Å². The van der Waals surface area contributed by atoms with Crippen LogP contribution >= 0.6 is 11.3 Å². The van der Waals surface area contributed by atoms with E-state index in [-0.39, 0.29) is 50.5 Å². The van der Waals surface area contributed by atoms with Crippen molar-refractivity contribution in [2.24, 2.45) is 11.3 Å². The first-order valence-electron chi connectivity index (χ1n) is 24.1. The number of piperidine rings is 1. The number of cyclic esters (lactones) is 1. The molecule has 3 saturated heterocycles. The largest absolute Gasteiger partial charge is 0.462 e. The first kappa shape index (κ1) is 49.4. The fourth-order valence-corrected chi connectivity index (χ4v) is 11.2. The van der Waals surface area contributed by atoms with Gasteiger partial charge in [0.05, 0.1) is 54.1 Å². The smallest absolute Gasteiger partial charge is 0.355 e. The van der Waals surface area contributed by atoms with Gasteiger partial charge >= 0.3 is 12.0 Å². The number of urea groups is 1. The Balaban J connectivity index is 1.13. The summed E-state index contributed by atoms with van der Waals surface area (Å²) in [5.41, 5.74) is 6.39. The second-order valence-corrected chi connectivity index (χ2v) is 21.1. The first-order valence-corrected chi connectivity index (χ1v) is 25.0. The summed E-state index contributed by atoms with van der Waals surface area (Å²) in [5.74, 6) is -2.25. The van der Waals surface area contributed by atoms with E-state index in [1.54, 1.807) is 25.3 Å². The van der Waals surface area contributed by atoms with Gasteiger partial charge in [-0.3, -0.25) is 24.5 Å². The van der Waals surface area contributed by atoms with Crippen molar-refractivity contribution in [1.82, 2.24) is 45.0 Å². The fourth-order valence-electron chi connectivity index (χ4n) is 10.3. The lowest BCUT2D eigenvalue weighted by atomic mass is 9.84. The number of ether oxygens (including phenoxy) is 3. The number of esters is 1. The Morgan fingerprint density at radius 3 is 2.51 bits per heavy atom. The van der Waals surface area contributed by atoms with Crippen LogP contribution in [0.15, 0.2) is 41.9 Å². The molecule has 0 aliphatic carbocycles. The number of nitrogens with zero attached hydrogens (tertiary/aromatic N) is 7. The quantitative estimate of drug-likeness (QED) is 0.173. The third kappa shape index (κ3) is 9.90. The van der Waals surface area contributed by atoms with Crippen LogP contribution in [0.2, 0.25) is 0 Å². The van der Waals surface area contributed by atoms with Crippen molar-refractivity contribution in [3.63, 3.8) is 0 Å². The molecule has 4 aromatic rings. The molecule has 0 saturated carbocycles. The van der Waals surface area contributed by atoms with Crippen molar-refractivity contribution in [3.05, 3.63) is 58.2 Å². The van der Waals surface area contributed by atoms with E-state index in [1.807, 2.05) is 46.1 Å². The van der Waals surface area contributed by atoms with E-state index in [2.05, 4.69) is 58.4 Å². The highest BCUT2D eigenvalue weighted by molar-refractivity contribution is 7.10. The molecular weight excluding hydrogens is 887 g/mol. The van der Waals surface area contributed by atoms with Crippen molar-refractivity contribution in [2.45, 2.75) is 123 Å². The number of methoxy groups -OCH3 is 1. The summed E-state index contributed by atoms with van der Waals surface area (Å²) in [6.07, 6.45) is 3.95. The summed E-state index contributed by atoms with van der Waals surface area (Å²) in [6, 6.07) is 8.74. The van der Waals surface area contributed by atoms with Gasteiger partial charge in [-0.1, -0.05) is 33.8 Å². The van der Waals surface area contributed by atoms with Crippen LogP contribution in [0.5, 0.6) is 0 Å². The predicted molar refractivity (Wildman–Crippen MR) is 259 cm³/mol. The Bertz CT molecular complexity index is 2500. The lowest BCUT2D eigenvalue weighted by Gasteiger charge is -2.44. The highest BCUT2D eigenvalue weighted by Gasteiger charge is 2.46. The minimum Gasteiger partial charge on any atom is -0.462 e. The highest BCUT2D eigenvalue weighted by Crippen LogP contribution is 2.42. The van der Waals surface area contributed by atoms with E-state index < -0.39 is 41.0 Å². The second-order valence-electron chi connectivity index (χ2n) is 20.1. The average molecular weight is 956 g/mol. The number of aromatic nitrogens is 3. The standard InChI is InChI=1S/C50H69N9O8S/c1-10-58-40-15-14-32-23-36(40)37(44(58)35-13-11-19-51-42(35)31(4)65-9)25-49(5,6)29-67-47(62)50(64)18-12-20-59(54-50)46(61)38(24-41-52-39(32)28-68-41)53-45(60)43(30(2)3)56(8)48(63)57-21-16-33(17-22-57)55(7)34-26-66-27-34/h11,13-15,19,23,28,30-31,33-34,38,43,54,64H,10,12,16-18,20-22,24-27,29H2,1-9H3,(H,53,60)/t31-,38-,43-,50-/m0/s1. The molecule has 4 amide bonds. The summed E-state index contributed by atoms with van der Waals surface area (Å²) >= 11 is 1.38.